The minimum atomic E-state index is 0.0179. The summed E-state index contributed by atoms with van der Waals surface area (Å²) < 4.78 is 1.67. The van der Waals surface area contributed by atoms with E-state index in [0.29, 0.717) is 18.5 Å². The van der Waals surface area contributed by atoms with Crippen LogP contribution in [0.3, 0.4) is 0 Å². The molecule has 0 spiro atoms. The largest absolute Gasteiger partial charge is 0.298 e. The number of fused-ring (bicyclic) bond motifs is 1. The van der Waals surface area contributed by atoms with Crippen LogP contribution in [0.4, 0.5) is 0 Å². The van der Waals surface area contributed by atoms with E-state index in [0.717, 1.165) is 16.3 Å². The Hall–Kier alpha value is -1.20. The fourth-order valence-electron chi connectivity index (χ4n) is 2.09. The number of nitrogens with zero attached hydrogens (tertiary/aromatic N) is 3. The van der Waals surface area contributed by atoms with Crippen LogP contribution in [-0.4, -0.2) is 27.4 Å². The van der Waals surface area contributed by atoms with Crippen molar-refractivity contribution in [3.05, 3.63) is 33.2 Å². The Bertz CT molecular complexity index is 629. The molecule has 2 rings (SSSR count). The van der Waals surface area contributed by atoms with Gasteiger partial charge in [-0.05, 0) is 26.8 Å². The standard InChI is InChI=1S/C14H21N3OS/c1-9(2)11(4)16(5)7-12-6-13(18)17-10(3)8-19-14(17)15-12/h6,8-9,11H,7H2,1-5H3/t11-/m1/s1. The summed E-state index contributed by atoms with van der Waals surface area (Å²) in [5, 5.41) is 1.97. The smallest absolute Gasteiger partial charge is 0.259 e. The van der Waals surface area contributed by atoms with E-state index in [-0.39, 0.29) is 5.56 Å². The third-order valence-corrected chi connectivity index (χ3v) is 4.64. The summed E-state index contributed by atoms with van der Waals surface area (Å²) in [6.45, 7) is 9.25. The summed E-state index contributed by atoms with van der Waals surface area (Å²) in [6.07, 6.45) is 0. The van der Waals surface area contributed by atoms with Gasteiger partial charge in [-0.1, -0.05) is 13.8 Å². The molecule has 0 amide bonds. The van der Waals surface area contributed by atoms with Crippen molar-refractivity contribution >= 4 is 16.3 Å². The van der Waals surface area contributed by atoms with E-state index < -0.39 is 0 Å². The molecular weight excluding hydrogens is 258 g/mol. The number of hydrogen-bond acceptors (Lipinski definition) is 4. The Morgan fingerprint density at radius 2 is 2.11 bits per heavy atom. The van der Waals surface area contributed by atoms with E-state index in [9.17, 15) is 4.79 Å². The summed E-state index contributed by atoms with van der Waals surface area (Å²) in [7, 11) is 2.08. The van der Waals surface area contributed by atoms with Crippen LogP contribution in [0, 0.1) is 12.8 Å². The molecule has 2 heterocycles. The number of rotatable bonds is 4. The molecule has 0 aromatic carbocycles. The number of hydrogen-bond donors (Lipinski definition) is 0. The third kappa shape index (κ3) is 2.87. The first kappa shape index (κ1) is 14.2. The first-order chi connectivity index (χ1) is 8.90. The Balaban J connectivity index is 2.29. The van der Waals surface area contributed by atoms with Gasteiger partial charge in [-0.2, -0.15) is 0 Å². The molecular formula is C14H21N3OS. The number of thiazole rings is 1. The van der Waals surface area contributed by atoms with Gasteiger partial charge in [0.2, 0.25) is 0 Å². The molecule has 0 bridgehead atoms. The van der Waals surface area contributed by atoms with Gasteiger partial charge in [-0.3, -0.25) is 14.1 Å². The summed E-state index contributed by atoms with van der Waals surface area (Å²) in [5.74, 6) is 0.582. The normalized spacial score (nSPS) is 13.6. The topological polar surface area (TPSA) is 37.6 Å². The van der Waals surface area contributed by atoms with Crippen molar-refractivity contribution < 1.29 is 0 Å². The minimum absolute atomic E-state index is 0.0179. The highest BCUT2D eigenvalue weighted by Gasteiger charge is 2.15. The van der Waals surface area contributed by atoms with Crippen LogP contribution in [-0.2, 0) is 6.54 Å². The molecule has 0 saturated carbocycles. The predicted molar refractivity (Wildman–Crippen MR) is 79.8 cm³/mol. The second-order valence-electron chi connectivity index (χ2n) is 5.48. The average Bonchev–Trinajstić information content (AvgIpc) is 2.70. The number of aromatic nitrogens is 2. The zero-order chi connectivity index (χ0) is 14.2. The lowest BCUT2D eigenvalue weighted by atomic mass is 10.1. The first-order valence-corrected chi connectivity index (χ1v) is 7.45. The maximum absolute atomic E-state index is 12.1. The van der Waals surface area contributed by atoms with Crippen LogP contribution in [0.5, 0.6) is 0 Å². The molecule has 0 aliphatic carbocycles. The predicted octanol–water partition coefficient (Wildman–Crippen LogP) is 2.54. The summed E-state index contributed by atoms with van der Waals surface area (Å²) in [6, 6.07) is 2.11. The molecule has 2 aromatic heterocycles. The Kier molecular flexibility index (Phi) is 4.06. The molecule has 19 heavy (non-hydrogen) atoms. The van der Waals surface area contributed by atoms with E-state index >= 15 is 0 Å². The maximum atomic E-state index is 12.1. The zero-order valence-electron chi connectivity index (χ0n) is 12.2. The lowest BCUT2D eigenvalue weighted by Gasteiger charge is -2.27. The van der Waals surface area contributed by atoms with Gasteiger partial charge in [-0.15, -0.1) is 11.3 Å². The van der Waals surface area contributed by atoms with E-state index in [1.54, 1.807) is 10.5 Å². The van der Waals surface area contributed by atoms with Crippen molar-refractivity contribution in [1.29, 1.82) is 0 Å². The summed E-state index contributed by atoms with van der Waals surface area (Å²) in [5.41, 5.74) is 1.82. The Morgan fingerprint density at radius 1 is 1.42 bits per heavy atom. The summed E-state index contributed by atoms with van der Waals surface area (Å²) >= 11 is 1.52. The van der Waals surface area contributed by atoms with Gasteiger partial charge in [0.25, 0.3) is 5.56 Å². The van der Waals surface area contributed by atoms with Gasteiger partial charge < -0.3 is 0 Å². The molecule has 4 nitrogen and oxygen atoms in total. The van der Waals surface area contributed by atoms with E-state index in [2.05, 4.69) is 37.7 Å². The molecule has 104 valence electrons. The van der Waals surface area contributed by atoms with Crippen LogP contribution >= 0.6 is 11.3 Å². The molecule has 5 heteroatoms. The minimum Gasteiger partial charge on any atom is -0.298 e. The van der Waals surface area contributed by atoms with Crippen LogP contribution in [0.15, 0.2) is 16.2 Å². The number of aryl methyl sites for hydroxylation is 1. The van der Waals surface area contributed by atoms with Crippen molar-refractivity contribution in [2.45, 2.75) is 40.3 Å². The lowest BCUT2D eigenvalue weighted by molar-refractivity contribution is 0.198. The van der Waals surface area contributed by atoms with Gasteiger partial charge in [0.15, 0.2) is 4.96 Å². The SMILES string of the molecule is Cc1csc2nc(CN(C)[C@H](C)C(C)C)cc(=O)n12. The molecule has 0 fully saturated rings. The van der Waals surface area contributed by atoms with Crippen molar-refractivity contribution in [3.63, 3.8) is 0 Å². The van der Waals surface area contributed by atoms with Crippen molar-refractivity contribution in [2.24, 2.45) is 5.92 Å². The van der Waals surface area contributed by atoms with Gasteiger partial charge in [0.1, 0.15) is 0 Å². The van der Waals surface area contributed by atoms with Crippen LogP contribution in [0.25, 0.3) is 4.96 Å². The second kappa shape index (κ2) is 5.43. The van der Waals surface area contributed by atoms with Crippen molar-refractivity contribution in [3.8, 4) is 0 Å². The molecule has 0 aliphatic rings. The Morgan fingerprint density at radius 3 is 2.74 bits per heavy atom. The van der Waals surface area contributed by atoms with E-state index in [1.807, 2.05) is 12.3 Å². The van der Waals surface area contributed by atoms with Crippen LogP contribution in [0.1, 0.15) is 32.2 Å². The highest BCUT2D eigenvalue weighted by atomic mass is 32.1. The second-order valence-corrected chi connectivity index (χ2v) is 6.32. The fourth-order valence-corrected chi connectivity index (χ4v) is 2.98. The van der Waals surface area contributed by atoms with Gasteiger partial charge in [-0.25, -0.2) is 4.98 Å². The zero-order valence-corrected chi connectivity index (χ0v) is 13.0. The van der Waals surface area contributed by atoms with Crippen LogP contribution < -0.4 is 5.56 Å². The molecule has 1 atom stereocenters. The van der Waals surface area contributed by atoms with Crippen LogP contribution in [0.2, 0.25) is 0 Å². The van der Waals surface area contributed by atoms with Crippen molar-refractivity contribution in [1.82, 2.24) is 14.3 Å². The van der Waals surface area contributed by atoms with Gasteiger partial charge in [0, 0.05) is 29.7 Å². The molecule has 0 radical (unpaired) electrons. The highest BCUT2D eigenvalue weighted by molar-refractivity contribution is 7.15. The Labute approximate surface area is 117 Å². The molecule has 0 N–H and O–H groups in total. The first-order valence-electron chi connectivity index (χ1n) is 6.57. The lowest BCUT2D eigenvalue weighted by Crippen LogP contribution is -2.33. The van der Waals surface area contributed by atoms with Crippen molar-refractivity contribution in [2.75, 3.05) is 7.05 Å². The quantitative estimate of drug-likeness (QED) is 0.863. The maximum Gasteiger partial charge on any atom is 0.259 e. The summed E-state index contributed by atoms with van der Waals surface area (Å²) in [4.78, 5) is 19.7. The van der Waals surface area contributed by atoms with Gasteiger partial charge in [0.05, 0.1) is 5.69 Å². The molecule has 0 unspecified atom stereocenters. The highest BCUT2D eigenvalue weighted by Crippen LogP contribution is 2.14. The van der Waals surface area contributed by atoms with Gasteiger partial charge >= 0.3 is 0 Å². The fraction of sp³-hybridized carbons (Fsp3) is 0.571. The molecule has 2 aromatic rings. The molecule has 0 aliphatic heterocycles. The van der Waals surface area contributed by atoms with E-state index in [4.69, 9.17) is 0 Å². The average molecular weight is 279 g/mol. The monoisotopic (exact) mass is 279 g/mol. The molecule has 0 saturated heterocycles. The van der Waals surface area contributed by atoms with E-state index in [1.165, 1.54) is 11.3 Å². The third-order valence-electron chi connectivity index (χ3n) is 3.70.